The Kier molecular flexibility index (Phi) is 3.24. The molecular weight excluding hydrogens is 268 g/mol. The van der Waals surface area contributed by atoms with Gasteiger partial charge in [0.05, 0.1) is 5.41 Å². The van der Waals surface area contributed by atoms with Crippen molar-refractivity contribution in [3.8, 4) is 0 Å². The average Bonchev–Trinajstić information content (AvgIpc) is 2.69. The number of ether oxygens (including phenoxy) is 1. The Morgan fingerprint density at radius 1 is 1.14 bits per heavy atom. The van der Waals surface area contributed by atoms with Crippen LogP contribution in [0.1, 0.15) is 44.7 Å². The van der Waals surface area contributed by atoms with Gasteiger partial charge >= 0.3 is 0 Å². The fourth-order valence-corrected chi connectivity index (χ4v) is 3.47. The normalized spacial score (nSPS) is 38.5. The van der Waals surface area contributed by atoms with Crippen LogP contribution in [0.25, 0.3) is 0 Å². The van der Waals surface area contributed by atoms with Gasteiger partial charge in [-0.05, 0) is 46.1 Å². The number of hydrogen-bond acceptors (Lipinski definition) is 4. The molecule has 0 saturated carbocycles. The second-order valence-corrected chi connectivity index (χ2v) is 6.65. The summed E-state index contributed by atoms with van der Waals surface area (Å²) < 4.78 is 5.98. The molecule has 4 nitrogen and oxygen atoms in total. The molecule has 1 aromatic carbocycles. The van der Waals surface area contributed by atoms with Crippen LogP contribution >= 0.6 is 0 Å². The van der Waals surface area contributed by atoms with Crippen molar-refractivity contribution >= 4 is 5.78 Å². The molecule has 0 radical (unpaired) electrons. The first-order valence-corrected chi connectivity index (χ1v) is 7.42. The molecular formula is C17H22O4. The third kappa shape index (κ3) is 2.22. The van der Waals surface area contributed by atoms with E-state index in [0.717, 1.165) is 5.56 Å². The Labute approximate surface area is 125 Å². The summed E-state index contributed by atoms with van der Waals surface area (Å²) in [5.41, 5.74) is 1.60. The Bertz CT molecular complexity index is 567. The maximum atomic E-state index is 12.5. The van der Waals surface area contributed by atoms with Crippen molar-refractivity contribution in [1.82, 2.24) is 0 Å². The van der Waals surface area contributed by atoms with Crippen molar-refractivity contribution in [3.63, 3.8) is 0 Å². The third-order valence-corrected chi connectivity index (χ3v) is 4.96. The predicted molar refractivity (Wildman–Crippen MR) is 77.3 cm³/mol. The highest BCUT2D eigenvalue weighted by atomic mass is 17.3. The van der Waals surface area contributed by atoms with Crippen LogP contribution in [0.4, 0.5) is 0 Å². The molecule has 2 bridgehead atoms. The van der Waals surface area contributed by atoms with Gasteiger partial charge in [-0.1, -0.05) is 29.8 Å². The smallest absolute Gasteiger partial charge is 0.214 e. The van der Waals surface area contributed by atoms with E-state index >= 15 is 0 Å². The van der Waals surface area contributed by atoms with Crippen LogP contribution in [0.15, 0.2) is 24.3 Å². The molecule has 0 spiro atoms. The number of aryl methyl sites for hydroxylation is 1. The largest absolute Gasteiger partial charge is 0.312 e. The SMILES string of the molecule is CC(=O)[C@]1(Cc2ccc(C)cc2)CC[C@]2(C)OO[C@@]1(C)O2. The standard InChI is InChI=1S/C17H22O4/c1-12-5-7-14(8-6-12)11-17(13(2)18)10-9-15(3)19-16(17,4)21-20-15/h5-8H,9-11H2,1-4H3/t15-,16+,17+/m0/s1. The van der Waals surface area contributed by atoms with E-state index in [1.165, 1.54) is 5.56 Å². The number of hydrogen-bond donors (Lipinski definition) is 0. The highest BCUT2D eigenvalue weighted by Gasteiger charge is 2.66. The Morgan fingerprint density at radius 3 is 2.43 bits per heavy atom. The van der Waals surface area contributed by atoms with Crippen LogP contribution in [0.2, 0.25) is 0 Å². The first-order valence-electron chi connectivity index (χ1n) is 7.42. The molecule has 4 heteroatoms. The van der Waals surface area contributed by atoms with Gasteiger partial charge in [0, 0.05) is 6.42 Å². The lowest BCUT2D eigenvalue weighted by Gasteiger charge is -2.45. The second-order valence-electron chi connectivity index (χ2n) is 6.65. The van der Waals surface area contributed by atoms with Crippen molar-refractivity contribution in [2.75, 3.05) is 0 Å². The van der Waals surface area contributed by atoms with Crippen LogP contribution in [-0.2, 0) is 25.7 Å². The third-order valence-electron chi connectivity index (χ3n) is 4.96. The number of carbonyl (C=O) groups excluding carboxylic acids is 1. The van der Waals surface area contributed by atoms with E-state index in [0.29, 0.717) is 19.3 Å². The van der Waals surface area contributed by atoms with Crippen LogP contribution in [0.3, 0.4) is 0 Å². The summed E-state index contributed by atoms with van der Waals surface area (Å²) in [6.07, 6.45) is 1.94. The van der Waals surface area contributed by atoms with Crippen LogP contribution in [0, 0.1) is 12.3 Å². The molecule has 0 amide bonds. The van der Waals surface area contributed by atoms with Crippen LogP contribution < -0.4 is 0 Å². The molecule has 3 rings (SSSR count). The van der Waals surface area contributed by atoms with E-state index in [4.69, 9.17) is 14.5 Å². The van der Waals surface area contributed by atoms with Gasteiger partial charge in [-0.2, -0.15) is 9.78 Å². The molecule has 0 unspecified atom stereocenters. The second kappa shape index (κ2) is 4.63. The number of benzene rings is 1. The van der Waals surface area contributed by atoms with Gasteiger partial charge in [0.25, 0.3) is 0 Å². The lowest BCUT2D eigenvalue weighted by Crippen LogP contribution is -2.57. The van der Waals surface area contributed by atoms with Crippen molar-refractivity contribution in [2.45, 2.75) is 58.5 Å². The van der Waals surface area contributed by atoms with Gasteiger partial charge in [0.1, 0.15) is 5.78 Å². The molecule has 2 fully saturated rings. The summed E-state index contributed by atoms with van der Waals surface area (Å²) in [7, 11) is 0. The summed E-state index contributed by atoms with van der Waals surface area (Å²) in [5.74, 6) is -1.68. The van der Waals surface area contributed by atoms with E-state index in [-0.39, 0.29) is 5.78 Å². The molecule has 21 heavy (non-hydrogen) atoms. The summed E-state index contributed by atoms with van der Waals surface area (Å²) >= 11 is 0. The molecule has 114 valence electrons. The van der Waals surface area contributed by atoms with Crippen molar-refractivity contribution in [2.24, 2.45) is 5.41 Å². The molecule has 3 atom stereocenters. The van der Waals surface area contributed by atoms with E-state index in [2.05, 4.69) is 31.2 Å². The predicted octanol–water partition coefficient (Wildman–Crippen LogP) is 3.32. The maximum absolute atomic E-state index is 12.5. The van der Waals surface area contributed by atoms with E-state index in [1.807, 2.05) is 13.8 Å². The van der Waals surface area contributed by atoms with Gasteiger partial charge in [-0.15, -0.1) is 0 Å². The first-order chi connectivity index (χ1) is 9.79. The molecule has 1 aromatic rings. The molecule has 2 aliphatic rings. The zero-order chi connectivity index (χ0) is 15.3. The summed E-state index contributed by atoms with van der Waals surface area (Å²) in [4.78, 5) is 23.3. The minimum Gasteiger partial charge on any atom is -0.312 e. The highest BCUT2D eigenvalue weighted by molar-refractivity contribution is 5.84. The van der Waals surface area contributed by atoms with Crippen molar-refractivity contribution in [3.05, 3.63) is 35.4 Å². The minimum atomic E-state index is -1.03. The topological polar surface area (TPSA) is 44.8 Å². The number of carbonyl (C=O) groups is 1. The molecule has 0 aromatic heterocycles. The van der Waals surface area contributed by atoms with Crippen molar-refractivity contribution < 1.29 is 19.3 Å². The van der Waals surface area contributed by atoms with Gasteiger partial charge in [-0.25, -0.2) is 0 Å². The monoisotopic (exact) mass is 290 g/mol. The summed E-state index contributed by atoms with van der Waals surface area (Å²) in [6.45, 7) is 7.34. The molecule has 2 heterocycles. The van der Waals surface area contributed by atoms with Crippen molar-refractivity contribution in [1.29, 1.82) is 0 Å². The Hall–Kier alpha value is -1.23. The summed E-state index contributed by atoms with van der Waals surface area (Å²) in [5, 5.41) is 0. The van der Waals surface area contributed by atoms with E-state index < -0.39 is 17.0 Å². The molecule has 0 N–H and O–H groups in total. The van der Waals surface area contributed by atoms with Gasteiger partial charge in [0.2, 0.25) is 11.6 Å². The lowest BCUT2D eigenvalue weighted by molar-refractivity contribution is -0.350. The Balaban J connectivity index is 1.97. The minimum absolute atomic E-state index is 0.0816. The fraction of sp³-hybridized carbons (Fsp3) is 0.588. The van der Waals surface area contributed by atoms with Crippen LogP contribution in [0.5, 0.6) is 0 Å². The number of rotatable bonds is 3. The molecule has 2 saturated heterocycles. The molecule has 2 aliphatic heterocycles. The first kappa shape index (κ1) is 14.7. The zero-order valence-electron chi connectivity index (χ0n) is 13.1. The highest BCUT2D eigenvalue weighted by Crippen LogP contribution is 2.55. The summed E-state index contributed by atoms with van der Waals surface area (Å²) in [6, 6.07) is 8.25. The Morgan fingerprint density at radius 2 is 1.81 bits per heavy atom. The van der Waals surface area contributed by atoms with Gasteiger partial charge < -0.3 is 4.74 Å². The van der Waals surface area contributed by atoms with Gasteiger partial charge in [0.15, 0.2) is 0 Å². The van der Waals surface area contributed by atoms with E-state index in [9.17, 15) is 4.79 Å². The number of ketones is 1. The number of Topliss-reactive ketones (excluding diaryl/α,β-unsaturated/α-hetero) is 1. The lowest BCUT2D eigenvalue weighted by atomic mass is 9.67. The van der Waals surface area contributed by atoms with Crippen LogP contribution in [-0.4, -0.2) is 17.4 Å². The van der Waals surface area contributed by atoms with Gasteiger partial charge in [-0.3, -0.25) is 4.79 Å². The fourth-order valence-electron chi connectivity index (χ4n) is 3.47. The zero-order valence-corrected chi connectivity index (χ0v) is 13.1. The quantitative estimate of drug-likeness (QED) is 0.801. The molecule has 0 aliphatic carbocycles. The average molecular weight is 290 g/mol. The number of fused-ring (bicyclic) bond motifs is 2. The maximum Gasteiger partial charge on any atom is 0.214 e. The van der Waals surface area contributed by atoms with E-state index in [1.54, 1.807) is 6.92 Å².